The van der Waals surface area contributed by atoms with Crippen molar-refractivity contribution in [1.82, 2.24) is 10.3 Å². The molecule has 2 rings (SSSR count). The minimum Gasteiger partial charge on any atom is -0.314 e. The van der Waals surface area contributed by atoms with Crippen LogP contribution in [0.15, 0.2) is 18.5 Å². The average Bonchev–Trinajstić information content (AvgIpc) is 2.31. The van der Waals surface area contributed by atoms with Crippen molar-refractivity contribution in [2.24, 2.45) is 0 Å². The third-order valence-electron chi connectivity index (χ3n) is 3.71. The number of rotatable bonds is 3. The quantitative estimate of drug-likeness (QED) is 0.843. The number of likely N-dealkylation sites (N-methyl/N-ethyl adjacent to an activating group) is 1. The Morgan fingerprint density at radius 3 is 2.94 bits per heavy atom. The molecule has 1 aliphatic carbocycles. The van der Waals surface area contributed by atoms with E-state index in [4.69, 9.17) is 0 Å². The Labute approximate surface area is 98.5 Å². The zero-order valence-corrected chi connectivity index (χ0v) is 10.4. The molecule has 1 heterocycles. The Morgan fingerprint density at radius 2 is 2.19 bits per heavy atom. The minimum atomic E-state index is 0.654. The van der Waals surface area contributed by atoms with Crippen LogP contribution in [-0.4, -0.2) is 17.6 Å². The highest BCUT2D eigenvalue weighted by Crippen LogP contribution is 2.34. The first-order valence-electron chi connectivity index (χ1n) is 6.46. The molecule has 2 nitrogen and oxygen atoms in total. The van der Waals surface area contributed by atoms with Crippen molar-refractivity contribution in [3.63, 3.8) is 0 Å². The van der Waals surface area contributed by atoms with Crippen molar-refractivity contribution < 1.29 is 0 Å². The van der Waals surface area contributed by atoms with E-state index in [1.54, 1.807) is 0 Å². The molecule has 0 radical (unpaired) electrons. The van der Waals surface area contributed by atoms with Crippen LogP contribution in [-0.2, 0) is 0 Å². The van der Waals surface area contributed by atoms with Crippen molar-refractivity contribution >= 4 is 0 Å². The van der Waals surface area contributed by atoms with Crippen molar-refractivity contribution in [1.29, 1.82) is 0 Å². The van der Waals surface area contributed by atoms with E-state index in [2.05, 4.69) is 36.4 Å². The molecule has 1 fully saturated rings. The number of aromatic nitrogens is 1. The smallest absolute Gasteiger partial charge is 0.0305 e. The Bertz CT molecular complexity index is 333. The lowest BCUT2D eigenvalue weighted by Crippen LogP contribution is -2.37. The summed E-state index contributed by atoms with van der Waals surface area (Å²) in [6, 6.07) is 2.79. The van der Waals surface area contributed by atoms with E-state index in [-0.39, 0.29) is 0 Å². The van der Waals surface area contributed by atoms with E-state index in [1.807, 2.05) is 6.20 Å². The summed E-state index contributed by atoms with van der Waals surface area (Å²) in [5.41, 5.74) is 2.85. The van der Waals surface area contributed by atoms with Gasteiger partial charge in [-0.05, 0) is 43.5 Å². The maximum atomic E-state index is 4.29. The van der Waals surface area contributed by atoms with Gasteiger partial charge in [0.2, 0.25) is 0 Å². The van der Waals surface area contributed by atoms with E-state index in [0.29, 0.717) is 12.0 Å². The van der Waals surface area contributed by atoms with Crippen LogP contribution in [0.4, 0.5) is 0 Å². The molecule has 0 aromatic carbocycles. The van der Waals surface area contributed by atoms with E-state index >= 15 is 0 Å². The molecule has 0 aliphatic heterocycles. The van der Waals surface area contributed by atoms with E-state index in [0.717, 1.165) is 6.54 Å². The minimum absolute atomic E-state index is 0.654. The van der Waals surface area contributed by atoms with Crippen molar-refractivity contribution in [3.8, 4) is 0 Å². The maximum absolute atomic E-state index is 4.29. The maximum Gasteiger partial charge on any atom is 0.0305 e. The SMILES string of the molecule is CCNC1CCCCC1c1cnccc1C. The number of aryl methyl sites for hydroxylation is 1. The number of nitrogens with one attached hydrogen (secondary N) is 1. The Morgan fingerprint density at radius 1 is 1.38 bits per heavy atom. The summed E-state index contributed by atoms with van der Waals surface area (Å²) < 4.78 is 0. The third-order valence-corrected chi connectivity index (χ3v) is 3.71. The molecular formula is C14H22N2. The van der Waals surface area contributed by atoms with Crippen LogP contribution in [0.5, 0.6) is 0 Å². The first-order valence-corrected chi connectivity index (χ1v) is 6.46. The van der Waals surface area contributed by atoms with Gasteiger partial charge >= 0.3 is 0 Å². The molecule has 88 valence electrons. The summed E-state index contributed by atoms with van der Waals surface area (Å²) in [6.45, 7) is 5.47. The number of hydrogen-bond acceptors (Lipinski definition) is 2. The average molecular weight is 218 g/mol. The molecule has 1 saturated carbocycles. The summed E-state index contributed by atoms with van der Waals surface area (Å²) in [4.78, 5) is 4.29. The van der Waals surface area contributed by atoms with Crippen molar-refractivity contribution in [2.45, 2.75) is 51.5 Å². The zero-order valence-electron chi connectivity index (χ0n) is 10.4. The molecule has 0 spiro atoms. The van der Waals surface area contributed by atoms with Crippen LogP contribution >= 0.6 is 0 Å². The van der Waals surface area contributed by atoms with Crippen molar-refractivity contribution in [2.75, 3.05) is 6.54 Å². The lowest BCUT2D eigenvalue weighted by atomic mass is 9.79. The van der Waals surface area contributed by atoms with Gasteiger partial charge in [-0.2, -0.15) is 0 Å². The van der Waals surface area contributed by atoms with Gasteiger partial charge in [-0.15, -0.1) is 0 Å². The monoisotopic (exact) mass is 218 g/mol. The molecule has 2 heteroatoms. The molecule has 0 saturated heterocycles. The second-order valence-corrected chi connectivity index (χ2v) is 4.79. The predicted octanol–water partition coefficient (Wildman–Crippen LogP) is 3.03. The fraction of sp³-hybridized carbons (Fsp3) is 0.643. The topological polar surface area (TPSA) is 24.9 Å². The fourth-order valence-electron chi connectivity index (χ4n) is 2.87. The van der Waals surface area contributed by atoms with Gasteiger partial charge in [0.25, 0.3) is 0 Å². The molecule has 1 aromatic heterocycles. The number of pyridine rings is 1. The van der Waals surface area contributed by atoms with Crippen LogP contribution in [0.1, 0.15) is 49.7 Å². The molecule has 1 aliphatic rings. The summed E-state index contributed by atoms with van der Waals surface area (Å²) in [6.07, 6.45) is 9.31. The molecule has 1 aromatic rings. The van der Waals surface area contributed by atoms with Crippen LogP contribution in [0.3, 0.4) is 0 Å². The standard InChI is InChI=1S/C14H22N2/c1-3-16-14-7-5-4-6-12(14)13-10-15-9-8-11(13)2/h8-10,12,14,16H,3-7H2,1-2H3. The molecule has 2 unspecified atom stereocenters. The highest BCUT2D eigenvalue weighted by molar-refractivity contribution is 5.27. The van der Waals surface area contributed by atoms with E-state index < -0.39 is 0 Å². The molecular weight excluding hydrogens is 196 g/mol. The summed E-state index contributed by atoms with van der Waals surface area (Å²) in [7, 11) is 0. The van der Waals surface area contributed by atoms with E-state index in [1.165, 1.54) is 36.8 Å². The lowest BCUT2D eigenvalue weighted by molar-refractivity contribution is 0.331. The lowest BCUT2D eigenvalue weighted by Gasteiger charge is -2.33. The van der Waals surface area contributed by atoms with Crippen LogP contribution in [0, 0.1) is 6.92 Å². The van der Waals surface area contributed by atoms with Gasteiger partial charge < -0.3 is 5.32 Å². The Hall–Kier alpha value is -0.890. The fourth-order valence-corrected chi connectivity index (χ4v) is 2.87. The molecule has 16 heavy (non-hydrogen) atoms. The van der Waals surface area contributed by atoms with Gasteiger partial charge in [-0.1, -0.05) is 19.8 Å². The number of nitrogens with zero attached hydrogens (tertiary/aromatic N) is 1. The van der Waals surface area contributed by atoms with Crippen LogP contribution in [0.25, 0.3) is 0 Å². The largest absolute Gasteiger partial charge is 0.314 e. The molecule has 1 N–H and O–H groups in total. The first kappa shape index (κ1) is 11.6. The number of hydrogen-bond donors (Lipinski definition) is 1. The molecule has 0 bridgehead atoms. The summed E-state index contributed by atoms with van der Waals surface area (Å²) >= 11 is 0. The Kier molecular flexibility index (Phi) is 3.94. The van der Waals surface area contributed by atoms with Gasteiger partial charge in [-0.25, -0.2) is 0 Å². The second kappa shape index (κ2) is 5.44. The highest BCUT2D eigenvalue weighted by atomic mass is 14.9. The van der Waals surface area contributed by atoms with Gasteiger partial charge in [0.1, 0.15) is 0 Å². The van der Waals surface area contributed by atoms with Crippen LogP contribution < -0.4 is 5.32 Å². The van der Waals surface area contributed by atoms with E-state index in [9.17, 15) is 0 Å². The normalized spacial score (nSPS) is 25.6. The summed E-state index contributed by atoms with van der Waals surface area (Å²) in [5, 5.41) is 3.63. The van der Waals surface area contributed by atoms with Gasteiger partial charge in [0.15, 0.2) is 0 Å². The van der Waals surface area contributed by atoms with Gasteiger partial charge in [-0.3, -0.25) is 4.98 Å². The molecule has 2 atom stereocenters. The third kappa shape index (κ3) is 2.43. The summed E-state index contributed by atoms with van der Waals surface area (Å²) in [5.74, 6) is 0.669. The van der Waals surface area contributed by atoms with Crippen LogP contribution in [0.2, 0.25) is 0 Å². The first-order chi connectivity index (χ1) is 7.83. The zero-order chi connectivity index (χ0) is 11.4. The second-order valence-electron chi connectivity index (χ2n) is 4.79. The van der Waals surface area contributed by atoms with Gasteiger partial charge in [0, 0.05) is 24.4 Å². The van der Waals surface area contributed by atoms with Gasteiger partial charge in [0.05, 0.1) is 0 Å². The predicted molar refractivity (Wildman–Crippen MR) is 67.6 cm³/mol. The molecule has 0 amide bonds. The Balaban J connectivity index is 2.19. The van der Waals surface area contributed by atoms with Crippen molar-refractivity contribution in [3.05, 3.63) is 29.6 Å². The highest BCUT2D eigenvalue weighted by Gasteiger charge is 2.26.